The summed E-state index contributed by atoms with van der Waals surface area (Å²) >= 11 is 1.57. The molecule has 1 unspecified atom stereocenters. The van der Waals surface area contributed by atoms with E-state index in [1.54, 1.807) is 17.5 Å². The maximum Gasteiger partial charge on any atom is 0.254 e. The Morgan fingerprint density at radius 2 is 2.04 bits per heavy atom. The van der Waals surface area contributed by atoms with Crippen LogP contribution in [0.2, 0.25) is 0 Å². The average molecular weight is 349 g/mol. The zero-order valence-corrected chi connectivity index (χ0v) is 14.8. The van der Waals surface area contributed by atoms with Gasteiger partial charge in [-0.25, -0.2) is 4.98 Å². The van der Waals surface area contributed by atoms with Crippen molar-refractivity contribution in [1.82, 2.24) is 14.9 Å². The van der Waals surface area contributed by atoms with Gasteiger partial charge in [0, 0.05) is 34.9 Å². The number of carbonyl (C=O) groups is 1. The highest BCUT2D eigenvalue weighted by molar-refractivity contribution is 7.07. The van der Waals surface area contributed by atoms with Gasteiger partial charge in [0.05, 0.1) is 17.2 Å². The number of pyridine rings is 1. The summed E-state index contributed by atoms with van der Waals surface area (Å²) in [5, 5.41) is 2.01. The first-order chi connectivity index (χ1) is 12.2. The molecule has 25 heavy (non-hydrogen) atoms. The molecule has 1 aromatic carbocycles. The molecular formula is C20H19N3OS. The van der Waals surface area contributed by atoms with Gasteiger partial charge < -0.3 is 4.90 Å². The molecule has 4 nitrogen and oxygen atoms in total. The van der Waals surface area contributed by atoms with Crippen molar-refractivity contribution in [3.8, 4) is 11.3 Å². The Morgan fingerprint density at radius 3 is 2.64 bits per heavy atom. The number of benzene rings is 1. The van der Waals surface area contributed by atoms with Gasteiger partial charge in [0.1, 0.15) is 0 Å². The molecule has 1 amide bonds. The second-order valence-electron chi connectivity index (χ2n) is 6.36. The summed E-state index contributed by atoms with van der Waals surface area (Å²) in [7, 11) is 0. The molecule has 5 heteroatoms. The minimum absolute atomic E-state index is 0.0203. The topological polar surface area (TPSA) is 46.1 Å². The summed E-state index contributed by atoms with van der Waals surface area (Å²) in [4.78, 5) is 23.7. The van der Waals surface area contributed by atoms with E-state index >= 15 is 0 Å². The zero-order valence-electron chi connectivity index (χ0n) is 14.0. The lowest BCUT2D eigenvalue weighted by Gasteiger charge is -2.29. The molecule has 2 heterocycles. The highest BCUT2D eigenvalue weighted by atomic mass is 32.1. The van der Waals surface area contributed by atoms with Gasteiger partial charge in [0.25, 0.3) is 5.91 Å². The van der Waals surface area contributed by atoms with Gasteiger partial charge in [-0.3, -0.25) is 9.78 Å². The van der Waals surface area contributed by atoms with Crippen LogP contribution in [0.1, 0.15) is 41.7 Å². The summed E-state index contributed by atoms with van der Waals surface area (Å²) in [5.74, 6) is 0.0867. The van der Waals surface area contributed by atoms with E-state index in [4.69, 9.17) is 0 Å². The molecule has 1 saturated carbocycles. The smallest absolute Gasteiger partial charge is 0.254 e. The third-order valence-corrected chi connectivity index (χ3v) is 5.21. The number of carbonyl (C=O) groups excluding carboxylic acids is 1. The third kappa shape index (κ3) is 3.33. The second-order valence-corrected chi connectivity index (χ2v) is 7.08. The molecule has 1 fully saturated rings. The first-order valence-corrected chi connectivity index (χ1v) is 9.39. The summed E-state index contributed by atoms with van der Waals surface area (Å²) in [5.41, 5.74) is 5.60. The molecule has 0 saturated heterocycles. The lowest BCUT2D eigenvalue weighted by atomic mass is 10.1. The van der Waals surface area contributed by atoms with Crippen LogP contribution in [0.25, 0.3) is 11.3 Å². The maximum absolute atomic E-state index is 13.1. The van der Waals surface area contributed by atoms with Crippen molar-refractivity contribution in [1.29, 1.82) is 0 Å². The Balaban J connectivity index is 1.59. The number of nitrogens with zero attached hydrogens (tertiary/aromatic N) is 3. The molecule has 3 aromatic rings. The molecule has 126 valence electrons. The van der Waals surface area contributed by atoms with E-state index in [9.17, 15) is 4.79 Å². The van der Waals surface area contributed by atoms with E-state index in [1.807, 2.05) is 58.4 Å². The largest absolute Gasteiger partial charge is 0.329 e. The van der Waals surface area contributed by atoms with Crippen LogP contribution in [-0.4, -0.2) is 26.8 Å². The molecule has 0 spiro atoms. The molecule has 0 bridgehead atoms. The minimum atomic E-state index is 0.0203. The molecular weight excluding hydrogens is 330 g/mol. The third-order valence-electron chi connectivity index (χ3n) is 4.62. The first-order valence-electron chi connectivity index (χ1n) is 8.45. The fraction of sp³-hybridized carbons (Fsp3) is 0.250. The van der Waals surface area contributed by atoms with Crippen LogP contribution in [0.15, 0.2) is 59.7 Å². The number of amides is 1. The fourth-order valence-corrected chi connectivity index (χ4v) is 3.64. The van der Waals surface area contributed by atoms with Gasteiger partial charge in [-0.2, -0.15) is 0 Å². The Labute approximate surface area is 151 Å². The van der Waals surface area contributed by atoms with E-state index in [2.05, 4.69) is 16.9 Å². The maximum atomic E-state index is 13.1. The van der Waals surface area contributed by atoms with Gasteiger partial charge in [-0.1, -0.05) is 18.2 Å². The predicted molar refractivity (Wildman–Crippen MR) is 99.4 cm³/mol. The monoisotopic (exact) mass is 349 g/mol. The summed E-state index contributed by atoms with van der Waals surface area (Å²) in [6.07, 6.45) is 5.76. The fourth-order valence-electron chi connectivity index (χ4n) is 3.08. The van der Waals surface area contributed by atoms with Crippen LogP contribution < -0.4 is 0 Å². The standard InChI is InChI=1S/C20H19N3OS/c1-14(17-3-2-10-21-11-17)23(18-8-9-18)20(24)16-6-4-15(5-7-16)19-12-25-13-22-19/h2-7,10-14,18H,8-9H2,1H3. The lowest BCUT2D eigenvalue weighted by Crippen LogP contribution is -2.35. The van der Waals surface area contributed by atoms with Crippen LogP contribution >= 0.6 is 11.3 Å². The zero-order chi connectivity index (χ0) is 17.2. The van der Waals surface area contributed by atoms with Crippen molar-refractivity contribution < 1.29 is 4.79 Å². The van der Waals surface area contributed by atoms with Crippen molar-refractivity contribution in [2.75, 3.05) is 0 Å². The Hall–Kier alpha value is -2.53. The second kappa shape index (κ2) is 6.76. The number of hydrogen-bond donors (Lipinski definition) is 0. The predicted octanol–water partition coefficient (Wildman–Crippen LogP) is 4.57. The number of hydrogen-bond acceptors (Lipinski definition) is 4. The average Bonchev–Trinajstić information content (AvgIpc) is 3.34. The van der Waals surface area contributed by atoms with Gasteiger partial charge in [-0.05, 0) is 43.5 Å². The summed E-state index contributed by atoms with van der Waals surface area (Å²) in [6, 6.07) is 12.1. The van der Waals surface area contributed by atoms with E-state index in [0.717, 1.165) is 35.2 Å². The molecule has 1 aliphatic carbocycles. The number of rotatable bonds is 5. The highest BCUT2D eigenvalue weighted by Crippen LogP contribution is 2.35. The number of thiazole rings is 1. The quantitative estimate of drug-likeness (QED) is 0.678. The number of aromatic nitrogens is 2. The Morgan fingerprint density at radius 1 is 1.24 bits per heavy atom. The summed E-state index contributed by atoms with van der Waals surface area (Å²) < 4.78 is 0. The lowest BCUT2D eigenvalue weighted by molar-refractivity contribution is 0.0673. The molecule has 0 radical (unpaired) electrons. The van der Waals surface area contributed by atoms with E-state index in [1.165, 1.54) is 0 Å². The van der Waals surface area contributed by atoms with Crippen LogP contribution in [0.4, 0.5) is 0 Å². The molecule has 2 aromatic heterocycles. The molecule has 0 aliphatic heterocycles. The van der Waals surface area contributed by atoms with E-state index in [-0.39, 0.29) is 11.9 Å². The van der Waals surface area contributed by atoms with E-state index < -0.39 is 0 Å². The first kappa shape index (κ1) is 16.0. The van der Waals surface area contributed by atoms with Crippen molar-refractivity contribution in [3.05, 3.63) is 70.8 Å². The SMILES string of the molecule is CC(c1cccnc1)N(C(=O)c1ccc(-c2cscn2)cc1)C1CC1. The van der Waals surface area contributed by atoms with Gasteiger partial charge in [-0.15, -0.1) is 11.3 Å². The highest BCUT2D eigenvalue weighted by Gasteiger charge is 2.36. The Bertz CT molecular complexity index is 842. The van der Waals surface area contributed by atoms with Crippen LogP contribution in [-0.2, 0) is 0 Å². The molecule has 1 aliphatic rings. The van der Waals surface area contributed by atoms with Crippen molar-refractivity contribution in [3.63, 3.8) is 0 Å². The molecule has 1 atom stereocenters. The van der Waals surface area contributed by atoms with Crippen LogP contribution in [0.5, 0.6) is 0 Å². The molecule has 0 N–H and O–H groups in total. The van der Waals surface area contributed by atoms with Gasteiger partial charge >= 0.3 is 0 Å². The van der Waals surface area contributed by atoms with Crippen molar-refractivity contribution >= 4 is 17.2 Å². The van der Waals surface area contributed by atoms with Crippen LogP contribution in [0.3, 0.4) is 0 Å². The van der Waals surface area contributed by atoms with Gasteiger partial charge in [0.15, 0.2) is 0 Å². The van der Waals surface area contributed by atoms with E-state index in [0.29, 0.717) is 6.04 Å². The Kier molecular flexibility index (Phi) is 4.32. The summed E-state index contributed by atoms with van der Waals surface area (Å²) in [6.45, 7) is 2.08. The molecule has 4 rings (SSSR count). The minimum Gasteiger partial charge on any atom is -0.329 e. The normalized spacial score (nSPS) is 14.9. The van der Waals surface area contributed by atoms with Crippen molar-refractivity contribution in [2.45, 2.75) is 31.8 Å². The van der Waals surface area contributed by atoms with Crippen LogP contribution in [0, 0.1) is 0 Å². The van der Waals surface area contributed by atoms with Gasteiger partial charge in [0.2, 0.25) is 0 Å². The van der Waals surface area contributed by atoms with Crippen molar-refractivity contribution in [2.24, 2.45) is 0 Å².